The Morgan fingerprint density at radius 2 is 1.39 bits per heavy atom. The maximum Gasteiger partial charge on any atom is 0.309 e. The van der Waals surface area contributed by atoms with Gasteiger partial charge in [0.2, 0.25) is 12.2 Å². The minimum atomic E-state index is -6.61. The van der Waals surface area contributed by atoms with E-state index in [-0.39, 0.29) is 51.8 Å². The number of methoxy groups -OCH3 is 1. The SMILES string of the molecule is CO[C@H]1C(OP(=O)([O-])OC[C@H]2O[C@@H](n3cnc4c(=O)[nH]c(N)nc43)[C@@H](O)C2O)[C@@H](COP(=O)([O-])OP(=O)([O-])OP(=O)([O-])OC[C@H]2O[C@@H]([n+]3cn(C)c4c([O-])nc(N)nc43)C(O)C2O)O[C@H]1n1cnc2c(NCc3cccc(C)c3)ncnc21. The van der Waals surface area contributed by atoms with E-state index < -0.39 is 142 Å². The molecule has 3 aliphatic heterocycles. The Balaban J connectivity index is 0.830. The van der Waals surface area contributed by atoms with E-state index in [1.807, 2.05) is 31.2 Å². The van der Waals surface area contributed by atoms with Gasteiger partial charge in [0, 0.05) is 19.5 Å². The number of hydrogen-bond donors (Lipinski definition) is 8. The third-order valence-corrected chi connectivity index (χ3v) is 18.1. The largest absolute Gasteiger partial charge is 0.856 e. The molecule has 0 spiro atoms. The van der Waals surface area contributed by atoms with Crippen molar-refractivity contribution in [3.05, 3.63) is 71.1 Å². The molecule has 0 radical (unpaired) electrons. The number of H-pyrrole nitrogens is 1. The molecule has 0 bridgehead atoms. The molecule has 6 aromatic heterocycles. The molecule has 10 rings (SSSR count). The third kappa shape index (κ3) is 12.6. The molecule has 83 heavy (non-hydrogen) atoms. The van der Waals surface area contributed by atoms with Crippen LogP contribution in [-0.4, -0.2) is 156 Å². The van der Waals surface area contributed by atoms with Crippen molar-refractivity contribution in [2.75, 3.05) is 43.7 Å². The van der Waals surface area contributed by atoms with Gasteiger partial charge in [0.25, 0.3) is 42.8 Å². The van der Waals surface area contributed by atoms with E-state index >= 15 is 0 Å². The molecule has 10 N–H and O–H groups in total. The molecule has 3 saturated heterocycles. The molecule has 0 saturated carbocycles. The van der Waals surface area contributed by atoms with Gasteiger partial charge < -0.3 is 98.9 Å². The van der Waals surface area contributed by atoms with E-state index in [4.69, 9.17) is 44.0 Å². The third-order valence-electron chi connectivity index (χ3n) is 13.0. The number of aromatic amines is 1. The van der Waals surface area contributed by atoms with Gasteiger partial charge >= 0.3 is 5.65 Å². The van der Waals surface area contributed by atoms with Gasteiger partial charge in [-0.05, 0) is 12.5 Å². The summed E-state index contributed by atoms with van der Waals surface area (Å²) in [5, 5.41) is 58.9. The Hall–Kier alpha value is -5.93. The smallest absolute Gasteiger partial charge is 0.309 e. The molecule has 16 atom stereocenters. The zero-order valence-electron chi connectivity index (χ0n) is 42.7. The van der Waals surface area contributed by atoms with Gasteiger partial charge in [-0.1, -0.05) is 34.8 Å². The molecule has 9 heterocycles. The van der Waals surface area contributed by atoms with Crippen LogP contribution in [0.1, 0.15) is 29.8 Å². The Kier molecular flexibility index (Phi) is 16.8. The average Bonchev–Trinajstić information content (AvgIpc) is 2.58. The summed E-state index contributed by atoms with van der Waals surface area (Å²) in [6, 6.07) is 7.55. The van der Waals surface area contributed by atoms with Crippen molar-refractivity contribution in [3.63, 3.8) is 0 Å². The summed E-state index contributed by atoms with van der Waals surface area (Å²) in [7, 11) is -22.5. The van der Waals surface area contributed by atoms with Crippen LogP contribution in [0.3, 0.4) is 0 Å². The average molecular weight is 1250 g/mol. The maximum absolute atomic E-state index is 13.8. The van der Waals surface area contributed by atoms with Crippen molar-refractivity contribution < 1.29 is 114 Å². The number of ether oxygens (including phenoxy) is 4. The number of nitrogens with one attached hydrogen (secondary N) is 2. The molecule has 8 unspecified atom stereocenters. The summed E-state index contributed by atoms with van der Waals surface area (Å²) in [6.07, 6.45) is -16.6. The number of phosphoric ester groups is 3. The molecule has 7 aromatic rings. The Morgan fingerprint density at radius 1 is 0.759 bits per heavy atom. The van der Waals surface area contributed by atoms with Crippen molar-refractivity contribution in [1.29, 1.82) is 0 Å². The van der Waals surface area contributed by atoms with E-state index in [0.717, 1.165) is 40.0 Å². The number of imidazole rings is 3. The van der Waals surface area contributed by atoms with Crippen molar-refractivity contribution in [3.8, 4) is 5.88 Å². The van der Waals surface area contributed by atoms with Crippen LogP contribution in [0.15, 0.2) is 54.4 Å². The van der Waals surface area contributed by atoms with Gasteiger partial charge in [-0.25, -0.2) is 38.1 Å². The molecular formula is C40H47N15O24P4-4. The second-order valence-corrected chi connectivity index (χ2v) is 24.5. The Bertz CT molecular complexity index is 3840. The first kappa shape index (κ1) is 60.2. The number of fused-ring (bicyclic) bond motifs is 3. The van der Waals surface area contributed by atoms with E-state index in [1.54, 1.807) is 0 Å². The lowest BCUT2D eigenvalue weighted by Crippen LogP contribution is -2.46. The molecule has 0 amide bonds. The van der Waals surface area contributed by atoms with Crippen LogP contribution in [0.2, 0.25) is 0 Å². The number of nitrogen functional groups attached to an aromatic ring is 2. The summed E-state index contributed by atoms with van der Waals surface area (Å²) in [5.41, 5.74) is 11.9. The van der Waals surface area contributed by atoms with E-state index in [9.17, 15) is 68.2 Å². The lowest BCUT2D eigenvalue weighted by molar-refractivity contribution is -0.745. The highest BCUT2D eigenvalue weighted by Gasteiger charge is 2.51. The number of nitrogens with two attached hydrogens (primary N) is 2. The molecule has 0 aliphatic carbocycles. The van der Waals surface area contributed by atoms with Crippen molar-refractivity contribution in [2.45, 2.75) is 87.1 Å². The van der Waals surface area contributed by atoms with Crippen LogP contribution in [-0.2, 0) is 77.5 Å². The number of benzene rings is 1. The van der Waals surface area contributed by atoms with Crippen molar-refractivity contribution >= 4 is 82.5 Å². The standard InChI is InChI=1S/C40H51N15O24P4/c1-16-5-4-6-17(7-16)8-43-30-21-31(45-12-44-30)53(13-46-21)38-29(70-3)28(77-80(62,63)71-9-18-24(56)26(58)36(74-18)54-14-47-22-32(54)48-39(41)50-34(22)60)20(76-38)11-73-82(66,67)79-83(68,69)78-81(64,65)72-10-19-25(57)27(59)37(75-19)55-15-52(2)23-33(55)49-40(42)51-35(23)61/h4-7,12-15,18-20,24-29,36-38,56-59H,8-11H2,1-3H3,(H10-,41,42,43,44,45,48,49,50,51,60,61,62,63,64,65,66,67,68,69)/p-4/t18-,19-,20-,24?,25?,26+,27?,28?,29+,36-,37-,38-/m1/s1. The molecule has 3 aliphatic rings. The minimum absolute atomic E-state index is 0.0362. The lowest BCUT2D eigenvalue weighted by Gasteiger charge is -2.35. The highest BCUT2D eigenvalue weighted by molar-refractivity contribution is 7.65. The minimum Gasteiger partial charge on any atom is -0.856 e. The number of hydrogen-bond acceptors (Lipinski definition) is 34. The highest BCUT2D eigenvalue weighted by atomic mass is 31.3. The van der Waals surface area contributed by atoms with Gasteiger partial charge in [0.05, 0.1) is 39.5 Å². The maximum atomic E-state index is 13.8. The predicted molar refractivity (Wildman–Crippen MR) is 261 cm³/mol. The van der Waals surface area contributed by atoms with Crippen LogP contribution in [0.25, 0.3) is 33.5 Å². The number of aliphatic hydroxyl groups excluding tert-OH is 4. The molecular weight excluding hydrogens is 1200 g/mol. The van der Waals surface area contributed by atoms with E-state index in [2.05, 4.69) is 58.3 Å². The summed E-state index contributed by atoms with van der Waals surface area (Å²) >= 11 is 0. The number of nitrogens with zero attached hydrogens (tertiary/aromatic N) is 11. The topological polar surface area (TPSA) is 563 Å². The predicted octanol–water partition coefficient (Wildman–Crippen LogP) is -5.12. The number of anilines is 3. The summed E-state index contributed by atoms with van der Waals surface area (Å²) in [4.78, 5) is 95.5. The van der Waals surface area contributed by atoms with Gasteiger partial charge in [0.1, 0.15) is 61.3 Å². The fourth-order valence-corrected chi connectivity index (χ4v) is 13.7. The van der Waals surface area contributed by atoms with Crippen molar-refractivity contribution in [1.82, 2.24) is 53.6 Å². The lowest BCUT2D eigenvalue weighted by atomic mass is 10.1. The first-order valence-electron chi connectivity index (χ1n) is 24.0. The van der Waals surface area contributed by atoms with Crippen LogP contribution in [0, 0.1) is 6.92 Å². The molecule has 43 heteroatoms. The number of aromatic nitrogens is 12. The summed E-state index contributed by atoms with van der Waals surface area (Å²) < 4.78 is 108. The molecule has 450 valence electrons. The molecule has 1 aromatic carbocycles. The zero-order chi connectivity index (χ0) is 59.7. The molecule has 39 nitrogen and oxygen atoms in total. The van der Waals surface area contributed by atoms with E-state index in [1.165, 1.54) is 28.8 Å². The van der Waals surface area contributed by atoms with Gasteiger partial charge in [-0.3, -0.25) is 41.7 Å². The fourth-order valence-electron chi connectivity index (χ4n) is 9.34. The second kappa shape index (κ2) is 23.2. The monoisotopic (exact) mass is 1250 g/mol. The van der Waals surface area contributed by atoms with Gasteiger partial charge in [-0.2, -0.15) is 4.98 Å². The quantitative estimate of drug-likeness (QED) is 0.0232. The van der Waals surface area contributed by atoms with Gasteiger partial charge in [0.15, 0.2) is 52.4 Å². The summed E-state index contributed by atoms with van der Waals surface area (Å²) in [6.45, 7) is -1.56. The highest BCUT2D eigenvalue weighted by Crippen LogP contribution is 2.63. The first-order valence-corrected chi connectivity index (χ1v) is 29.9. The Morgan fingerprint density at radius 3 is 2.07 bits per heavy atom. The van der Waals surface area contributed by atoms with Crippen LogP contribution in [0.4, 0.5) is 17.7 Å². The van der Waals surface area contributed by atoms with E-state index in [0.29, 0.717) is 0 Å². The number of aryl methyl sites for hydroxylation is 2. The van der Waals surface area contributed by atoms with Crippen LogP contribution >= 0.6 is 31.3 Å². The second-order valence-electron chi connectivity index (χ2n) is 18.6. The number of phosphoric acid groups is 4. The zero-order valence-corrected chi connectivity index (χ0v) is 46.3. The number of aliphatic hydroxyl groups is 4. The Labute approximate surface area is 463 Å². The van der Waals surface area contributed by atoms with Crippen molar-refractivity contribution in [2.24, 2.45) is 7.05 Å². The first-order chi connectivity index (χ1) is 39.1. The molecule has 3 fully saturated rings. The van der Waals surface area contributed by atoms with Crippen LogP contribution < -0.4 is 51.6 Å². The van der Waals surface area contributed by atoms with Crippen LogP contribution in [0.5, 0.6) is 5.88 Å². The number of rotatable bonds is 22. The summed E-state index contributed by atoms with van der Waals surface area (Å²) in [5.74, 6) is -1.37. The fraction of sp³-hybridized carbons (Fsp3) is 0.475. The normalized spacial score (nSPS) is 28.6. The van der Waals surface area contributed by atoms with Gasteiger partial charge in [-0.15, -0.1) is 0 Å².